The summed E-state index contributed by atoms with van der Waals surface area (Å²) in [5.41, 5.74) is 3.80. The Morgan fingerprint density at radius 1 is 1.08 bits per heavy atom. The van der Waals surface area contributed by atoms with Crippen molar-refractivity contribution in [3.8, 4) is 5.75 Å². The molecule has 0 aliphatic carbocycles. The number of aryl methyl sites for hydroxylation is 2. The monoisotopic (exact) mass is 350 g/mol. The molecule has 1 N–H and O–H groups in total. The van der Waals surface area contributed by atoms with Crippen LogP contribution >= 0.6 is 0 Å². The van der Waals surface area contributed by atoms with Crippen molar-refractivity contribution in [2.45, 2.75) is 32.4 Å². The van der Waals surface area contributed by atoms with Gasteiger partial charge in [-0.15, -0.1) is 0 Å². The zero-order valence-corrected chi connectivity index (χ0v) is 15.0. The molecule has 1 fully saturated rings. The summed E-state index contributed by atoms with van der Waals surface area (Å²) in [5.74, 6) is 0.702. The molecule has 5 nitrogen and oxygen atoms in total. The molecule has 4 rings (SSSR count). The van der Waals surface area contributed by atoms with Crippen molar-refractivity contribution in [3.05, 3.63) is 64.7 Å². The Labute approximate surface area is 153 Å². The van der Waals surface area contributed by atoms with Crippen LogP contribution in [0.4, 0.5) is 0 Å². The van der Waals surface area contributed by atoms with Crippen LogP contribution in [0.15, 0.2) is 42.5 Å². The van der Waals surface area contributed by atoms with Gasteiger partial charge < -0.3 is 15.0 Å². The average Bonchev–Trinajstić information content (AvgIpc) is 2.59. The number of benzene rings is 2. The van der Waals surface area contributed by atoms with E-state index in [0.29, 0.717) is 25.1 Å². The van der Waals surface area contributed by atoms with Gasteiger partial charge in [0.25, 0.3) is 5.91 Å². The first-order valence-electron chi connectivity index (χ1n) is 8.93. The van der Waals surface area contributed by atoms with E-state index in [1.54, 1.807) is 11.0 Å². The molecule has 0 bridgehead atoms. The normalized spacial score (nSPS) is 19.4. The van der Waals surface area contributed by atoms with Crippen molar-refractivity contribution in [2.75, 3.05) is 13.1 Å². The van der Waals surface area contributed by atoms with E-state index in [1.165, 1.54) is 0 Å². The molecule has 0 radical (unpaired) electrons. The lowest BCUT2D eigenvalue weighted by Crippen LogP contribution is -2.62. The maximum atomic E-state index is 12.7. The molecule has 0 unspecified atom stereocenters. The van der Waals surface area contributed by atoms with Crippen molar-refractivity contribution in [2.24, 2.45) is 0 Å². The largest absolute Gasteiger partial charge is 0.486 e. The van der Waals surface area contributed by atoms with Crippen LogP contribution in [0.3, 0.4) is 0 Å². The van der Waals surface area contributed by atoms with E-state index in [0.717, 1.165) is 22.4 Å². The lowest BCUT2D eigenvalue weighted by Gasteiger charge is -2.41. The summed E-state index contributed by atoms with van der Waals surface area (Å²) in [5, 5.41) is 2.83. The number of carbonyl (C=O) groups excluding carboxylic acids is 2. The van der Waals surface area contributed by atoms with Crippen molar-refractivity contribution in [1.82, 2.24) is 10.2 Å². The highest BCUT2D eigenvalue weighted by atomic mass is 16.5. The third-order valence-electron chi connectivity index (χ3n) is 5.14. The van der Waals surface area contributed by atoms with E-state index >= 15 is 0 Å². The quantitative estimate of drug-likeness (QED) is 0.924. The fraction of sp³-hybridized carbons (Fsp3) is 0.333. The summed E-state index contributed by atoms with van der Waals surface area (Å²) in [6, 6.07) is 13.0. The third kappa shape index (κ3) is 2.94. The molecule has 0 aromatic heterocycles. The fourth-order valence-corrected chi connectivity index (χ4v) is 3.64. The van der Waals surface area contributed by atoms with E-state index in [4.69, 9.17) is 4.74 Å². The van der Waals surface area contributed by atoms with Gasteiger partial charge in [-0.2, -0.15) is 0 Å². The predicted molar refractivity (Wildman–Crippen MR) is 98.3 cm³/mol. The molecule has 1 atom stereocenters. The van der Waals surface area contributed by atoms with Gasteiger partial charge in [0.2, 0.25) is 5.91 Å². The van der Waals surface area contributed by atoms with E-state index < -0.39 is 6.04 Å². The lowest BCUT2D eigenvalue weighted by molar-refractivity contribution is -0.142. The zero-order chi connectivity index (χ0) is 18.3. The summed E-state index contributed by atoms with van der Waals surface area (Å²) in [6.45, 7) is 5.17. The van der Waals surface area contributed by atoms with Crippen LogP contribution in [0.5, 0.6) is 5.75 Å². The summed E-state index contributed by atoms with van der Waals surface area (Å²) >= 11 is 0. The molecule has 2 aliphatic heterocycles. The number of hydrogen-bond acceptors (Lipinski definition) is 3. The Morgan fingerprint density at radius 2 is 1.77 bits per heavy atom. The van der Waals surface area contributed by atoms with Gasteiger partial charge in [0.05, 0.1) is 13.1 Å². The number of carbonyl (C=O) groups is 2. The number of nitrogens with one attached hydrogen (secondary N) is 1. The molecule has 2 amide bonds. The van der Waals surface area contributed by atoms with Gasteiger partial charge in [-0.3, -0.25) is 9.59 Å². The maximum absolute atomic E-state index is 12.7. The third-order valence-corrected chi connectivity index (χ3v) is 5.14. The second kappa shape index (κ2) is 6.48. The number of amides is 2. The number of para-hydroxylation sites is 1. The molecule has 134 valence electrons. The SMILES string of the molecule is Cc1cccc(C)c1OC1CN(C(=O)[C@H]2Cc3ccccc3C(=O)N2)C1. The van der Waals surface area contributed by atoms with Crippen molar-refractivity contribution >= 4 is 11.8 Å². The first kappa shape index (κ1) is 16.6. The zero-order valence-electron chi connectivity index (χ0n) is 15.0. The second-order valence-corrected chi connectivity index (χ2v) is 7.09. The van der Waals surface area contributed by atoms with E-state index in [2.05, 4.69) is 5.32 Å². The van der Waals surface area contributed by atoms with Gasteiger partial charge in [0.1, 0.15) is 17.9 Å². The van der Waals surface area contributed by atoms with Gasteiger partial charge in [-0.1, -0.05) is 36.4 Å². The number of likely N-dealkylation sites (tertiary alicyclic amines) is 1. The van der Waals surface area contributed by atoms with Crippen LogP contribution in [0.1, 0.15) is 27.0 Å². The first-order chi connectivity index (χ1) is 12.5. The van der Waals surface area contributed by atoms with Gasteiger partial charge in [0.15, 0.2) is 0 Å². The molecule has 2 aliphatic rings. The lowest BCUT2D eigenvalue weighted by atomic mass is 9.94. The Hall–Kier alpha value is -2.82. The van der Waals surface area contributed by atoms with Gasteiger partial charge in [-0.25, -0.2) is 0 Å². The molecular weight excluding hydrogens is 328 g/mol. The summed E-state index contributed by atoms with van der Waals surface area (Å²) < 4.78 is 6.08. The minimum Gasteiger partial charge on any atom is -0.486 e. The number of nitrogens with zero attached hydrogens (tertiary/aromatic N) is 1. The van der Waals surface area contributed by atoms with Crippen molar-refractivity contribution < 1.29 is 14.3 Å². The van der Waals surface area contributed by atoms with Crippen LogP contribution in [0.2, 0.25) is 0 Å². The number of hydrogen-bond donors (Lipinski definition) is 1. The topological polar surface area (TPSA) is 58.6 Å². The van der Waals surface area contributed by atoms with Gasteiger partial charge >= 0.3 is 0 Å². The summed E-state index contributed by atoms with van der Waals surface area (Å²) in [4.78, 5) is 26.7. The number of fused-ring (bicyclic) bond motifs is 1. The highest BCUT2D eigenvalue weighted by Gasteiger charge is 2.38. The van der Waals surface area contributed by atoms with Crippen LogP contribution in [-0.2, 0) is 11.2 Å². The highest BCUT2D eigenvalue weighted by Crippen LogP contribution is 2.27. The van der Waals surface area contributed by atoms with Crippen LogP contribution in [0.25, 0.3) is 0 Å². The molecular formula is C21H22N2O3. The second-order valence-electron chi connectivity index (χ2n) is 7.09. The van der Waals surface area contributed by atoms with Crippen LogP contribution in [0, 0.1) is 13.8 Å². The molecule has 2 heterocycles. The van der Waals surface area contributed by atoms with E-state index in [1.807, 2.05) is 50.2 Å². The standard InChI is InChI=1S/C21H22N2O3/c1-13-6-5-7-14(2)19(13)26-16-11-23(12-16)21(25)18-10-15-8-3-4-9-17(15)20(24)22-18/h3-9,16,18H,10-12H2,1-2H3,(H,22,24)/t18-/m1/s1. The van der Waals surface area contributed by atoms with Gasteiger partial charge in [-0.05, 0) is 36.6 Å². The van der Waals surface area contributed by atoms with E-state index in [-0.39, 0.29) is 17.9 Å². The fourth-order valence-electron chi connectivity index (χ4n) is 3.64. The molecule has 0 spiro atoms. The Bertz CT molecular complexity index is 851. The Balaban J connectivity index is 1.38. The number of ether oxygens (including phenoxy) is 1. The smallest absolute Gasteiger partial charge is 0.252 e. The van der Waals surface area contributed by atoms with Crippen LogP contribution < -0.4 is 10.1 Å². The summed E-state index contributed by atoms with van der Waals surface area (Å²) in [6.07, 6.45) is 0.546. The molecule has 5 heteroatoms. The van der Waals surface area contributed by atoms with Crippen LogP contribution in [-0.4, -0.2) is 41.9 Å². The highest BCUT2D eigenvalue weighted by molar-refractivity contribution is 6.00. The van der Waals surface area contributed by atoms with E-state index in [9.17, 15) is 9.59 Å². The Kier molecular flexibility index (Phi) is 4.15. The number of rotatable bonds is 3. The summed E-state index contributed by atoms with van der Waals surface area (Å²) in [7, 11) is 0. The van der Waals surface area contributed by atoms with Crippen molar-refractivity contribution in [3.63, 3.8) is 0 Å². The van der Waals surface area contributed by atoms with Gasteiger partial charge in [0, 0.05) is 12.0 Å². The Morgan fingerprint density at radius 3 is 2.50 bits per heavy atom. The molecule has 1 saturated heterocycles. The average molecular weight is 350 g/mol. The molecule has 2 aromatic carbocycles. The predicted octanol–water partition coefficient (Wildman–Crippen LogP) is 2.25. The molecule has 26 heavy (non-hydrogen) atoms. The molecule has 2 aromatic rings. The maximum Gasteiger partial charge on any atom is 0.252 e. The molecule has 0 saturated carbocycles. The first-order valence-corrected chi connectivity index (χ1v) is 8.93. The minimum atomic E-state index is -0.487. The minimum absolute atomic E-state index is 0.00493. The van der Waals surface area contributed by atoms with Crippen molar-refractivity contribution in [1.29, 1.82) is 0 Å².